The molecule has 0 unspecified atom stereocenters. The van der Waals surface area contributed by atoms with Crippen molar-refractivity contribution in [2.45, 2.75) is 53.4 Å². The van der Waals surface area contributed by atoms with Gasteiger partial charge >= 0.3 is 0 Å². The quantitative estimate of drug-likeness (QED) is 0.558. The number of hydrogen-bond acceptors (Lipinski definition) is 2. The van der Waals surface area contributed by atoms with Gasteiger partial charge in [-0.1, -0.05) is 40.5 Å². The molecule has 0 spiro atoms. The molecule has 0 aliphatic heterocycles. The summed E-state index contributed by atoms with van der Waals surface area (Å²) in [4.78, 5) is 23.6. The Morgan fingerprint density at radius 3 is 2.14 bits per heavy atom. The van der Waals surface area contributed by atoms with Crippen LogP contribution in [0.4, 0.5) is 5.69 Å². The summed E-state index contributed by atoms with van der Waals surface area (Å²) in [6, 6.07) is 7.14. The number of amides is 1. The first-order chi connectivity index (χ1) is 9.90. The lowest BCUT2D eigenvalue weighted by atomic mass is 10.0. The van der Waals surface area contributed by atoms with Gasteiger partial charge in [-0.15, -0.1) is 0 Å². The van der Waals surface area contributed by atoms with Crippen LogP contribution < -0.4 is 5.32 Å². The average Bonchev–Trinajstić information content (AvgIpc) is 2.43. The molecule has 21 heavy (non-hydrogen) atoms. The summed E-state index contributed by atoms with van der Waals surface area (Å²) < 4.78 is 0. The molecular weight excluding hydrogens is 262 g/mol. The second-order valence-electron chi connectivity index (χ2n) is 6.28. The maximum Gasteiger partial charge on any atom is 0.224 e. The largest absolute Gasteiger partial charge is 0.326 e. The molecule has 3 nitrogen and oxygen atoms in total. The molecule has 0 saturated carbocycles. The molecule has 3 heteroatoms. The Morgan fingerprint density at radius 1 is 1.00 bits per heavy atom. The van der Waals surface area contributed by atoms with E-state index in [1.807, 2.05) is 13.8 Å². The van der Waals surface area contributed by atoms with Gasteiger partial charge in [0.2, 0.25) is 5.91 Å². The van der Waals surface area contributed by atoms with Crippen LogP contribution in [0.2, 0.25) is 0 Å². The zero-order valence-corrected chi connectivity index (χ0v) is 13.6. The Bertz CT molecular complexity index is 461. The first kappa shape index (κ1) is 17.4. The van der Waals surface area contributed by atoms with Gasteiger partial charge in [0.15, 0.2) is 5.78 Å². The highest BCUT2D eigenvalue weighted by Crippen LogP contribution is 2.14. The van der Waals surface area contributed by atoms with Crippen LogP contribution in [-0.2, 0) is 4.79 Å². The van der Waals surface area contributed by atoms with E-state index >= 15 is 0 Å². The number of benzene rings is 1. The Kier molecular flexibility index (Phi) is 7.13. The van der Waals surface area contributed by atoms with Crippen molar-refractivity contribution in [2.24, 2.45) is 11.8 Å². The third-order valence-corrected chi connectivity index (χ3v) is 3.41. The zero-order chi connectivity index (χ0) is 15.8. The third kappa shape index (κ3) is 6.56. The molecule has 0 aliphatic rings. The second kappa shape index (κ2) is 8.60. The van der Waals surface area contributed by atoms with E-state index < -0.39 is 0 Å². The molecular formula is C18H27NO2. The monoisotopic (exact) mass is 289 g/mol. The number of hydrogen-bond donors (Lipinski definition) is 1. The second-order valence-corrected chi connectivity index (χ2v) is 6.28. The van der Waals surface area contributed by atoms with Crippen molar-refractivity contribution in [1.82, 2.24) is 0 Å². The van der Waals surface area contributed by atoms with Crippen LogP contribution in [0.3, 0.4) is 0 Å². The van der Waals surface area contributed by atoms with Gasteiger partial charge in [0.25, 0.3) is 0 Å². The highest BCUT2D eigenvalue weighted by atomic mass is 16.1. The number of nitrogens with one attached hydrogen (secondary N) is 1. The molecule has 1 aromatic rings. The fourth-order valence-corrected chi connectivity index (χ4v) is 2.11. The number of carbonyl (C=O) groups is 2. The van der Waals surface area contributed by atoms with Crippen LogP contribution in [0.1, 0.15) is 63.7 Å². The summed E-state index contributed by atoms with van der Waals surface area (Å²) in [5, 5.41) is 2.88. The van der Waals surface area contributed by atoms with Gasteiger partial charge in [0.1, 0.15) is 0 Å². The van der Waals surface area contributed by atoms with Gasteiger partial charge in [-0.3, -0.25) is 9.59 Å². The summed E-state index contributed by atoms with van der Waals surface area (Å²) in [5.41, 5.74) is 1.45. The minimum absolute atomic E-state index is 0.00796. The van der Waals surface area contributed by atoms with Crippen molar-refractivity contribution in [1.29, 1.82) is 0 Å². The number of carbonyl (C=O) groups excluding carboxylic acids is 2. The molecule has 0 bridgehead atoms. The number of Topliss-reactive ketones (excluding diaryl/α,β-unsaturated/α-hetero) is 1. The smallest absolute Gasteiger partial charge is 0.224 e. The number of ketones is 1. The number of anilines is 1. The highest BCUT2D eigenvalue weighted by molar-refractivity contribution is 5.98. The fraction of sp³-hybridized carbons (Fsp3) is 0.556. The lowest BCUT2D eigenvalue weighted by Crippen LogP contribution is -2.12. The Labute approximate surface area is 128 Å². The molecule has 0 aromatic heterocycles. The molecule has 0 atom stereocenters. The summed E-state index contributed by atoms with van der Waals surface area (Å²) in [5.74, 6) is 0.855. The SMILES string of the molecule is CC(C)CCCCC(=O)Nc1ccc(C(=O)C(C)C)cc1. The molecule has 116 valence electrons. The van der Waals surface area contributed by atoms with Crippen molar-refractivity contribution in [3.63, 3.8) is 0 Å². The predicted octanol–water partition coefficient (Wildman–Crippen LogP) is 4.68. The lowest BCUT2D eigenvalue weighted by molar-refractivity contribution is -0.116. The minimum atomic E-state index is -0.00796. The zero-order valence-electron chi connectivity index (χ0n) is 13.6. The number of rotatable bonds is 8. The maximum absolute atomic E-state index is 11.8. The van der Waals surface area contributed by atoms with E-state index in [2.05, 4.69) is 19.2 Å². The van der Waals surface area contributed by atoms with E-state index in [1.54, 1.807) is 24.3 Å². The van der Waals surface area contributed by atoms with E-state index in [9.17, 15) is 9.59 Å². The Balaban J connectivity index is 2.41. The standard InChI is InChI=1S/C18H27NO2/c1-13(2)7-5-6-8-17(20)19-16-11-9-15(10-12-16)18(21)14(3)4/h9-14H,5-8H2,1-4H3,(H,19,20). The van der Waals surface area contributed by atoms with Gasteiger partial charge in [0.05, 0.1) is 0 Å². The van der Waals surface area contributed by atoms with Gasteiger partial charge < -0.3 is 5.32 Å². The summed E-state index contributed by atoms with van der Waals surface area (Å²) in [6.45, 7) is 8.16. The van der Waals surface area contributed by atoms with E-state index in [-0.39, 0.29) is 17.6 Å². The average molecular weight is 289 g/mol. The van der Waals surface area contributed by atoms with Crippen molar-refractivity contribution >= 4 is 17.4 Å². The first-order valence-electron chi connectivity index (χ1n) is 7.84. The topological polar surface area (TPSA) is 46.2 Å². The van der Waals surface area contributed by atoms with Crippen molar-refractivity contribution in [3.05, 3.63) is 29.8 Å². The Hall–Kier alpha value is -1.64. The third-order valence-electron chi connectivity index (χ3n) is 3.41. The van der Waals surface area contributed by atoms with E-state index in [0.717, 1.165) is 18.5 Å². The Morgan fingerprint density at radius 2 is 1.62 bits per heavy atom. The van der Waals surface area contributed by atoms with Crippen LogP contribution in [-0.4, -0.2) is 11.7 Å². The predicted molar refractivity (Wildman–Crippen MR) is 87.5 cm³/mol. The van der Waals surface area contributed by atoms with Crippen LogP contribution >= 0.6 is 0 Å². The van der Waals surface area contributed by atoms with Crippen LogP contribution in [0.15, 0.2) is 24.3 Å². The van der Waals surface area contributed by atoms with Crippen molar-refractivity contribution in [2.75, 3.05) is 5.32 Å². The molecule has 1 rings (SSSR count). The van der Waals surface area contributed by atoms with Gasteiger partial charge in [-0.05, 0) is 36.6 Å². The maximum atomic E-state index is 11.8. The van der Waals surface area contributed by atoms with Gasteiger partial charge in [-0.2, -0.15) is 0 Å². The lowest BCUT2D eigenvalue weighted by Gasteiger charge is -2.08. The first-order valence-corrected chi connectivity index (χ1v) is 7.84. The molecule has 0 fully saturated rings. The molecule has 0 radical (unpaired) electrons. The molecule has 0 saturated heterocycles. The summed E-state index contributed by atoms with van der Waals surface area (Å²) in [7, 11) is 0. The summed E-state index contributed by atoms with van der Waals surface area (Å²) >= 11 is 0. The normalized spacial score (nSPS) is 11.0. The molecule has 1 amide bonds. The summed E-state index contributed by atoms with van der Waals surface area (Å²) in [6.07, 6.45) is 3.74. The number of unbranched alkanes of at least 4 members (excludes halogenated alkanes) is 1. The van der Waals surface area contributed by atoms with E-state index in [4.69, 9.17) is 0 Å². The van der Waals surface area contributed by atoms with Crippen molar-refractivity contribution in [3.8, 4) is 0 Å². The molecule has 1 aromatic carbocycles. The van der Waals surface area contributed by atoms with E-state index in [1.165, 1.54) is 6.42 Å². The van der Waals surface area contributed by atoms with Crippen LogP contribution in [0, 0.1) is 11.8 Å². The van der Waals surface area contributed by atoms with Crippen LogP contribution in [0.5, 0.6) is 0 Å². The van der Waals surface area contributed by atoms with Gasteiger partial charge in [0, 0.05) is 23.6 Å². The fourth-order valence-electron chi connectivity index (χ4n) is 2.11. The molecule has 0 heterocycles. The van der Waals surface area contributed by atoms with Crippen molar-refractivity contribution < 1.29 is 9.59 Å². The van der Waals surface area contributed by atoms with Gasteiger partial charge in [-0.25, -0.2) is 0 Å². The molecule has 0 aliphatic carbocycles. The molecule has 1 N–H and O–H groups in total. The van der Waals surface area contributed by atoms with Crippen LogP contribution in [0.25, 0.3) is 0 Å². The highest BCUT2D eigenvalue weighted by Gasteiger charge is 2.10. The minimum Gasteiger partial charge on any atom is -0.326 e. The van der Waals surface area contributed by atoms with E-state index in [0.29, 0.717) is 17.9 Å².